The summed E-state index contributed by atoms with van der Waals surface area (Å²) in [5.41, 5.74) is 1.96. The summed E-state index contributed by atoms with van der Waals surface area (Å²) in [6.45, 7) is 0.169. The number of alkyl halides is 3. The van der Waals surface area contributed by atoms with Crippen LogP contribution in [0.2, 0.25) is 0 Å². The van der Waals surface area contributed by atoms with Crippen molar-refractivity contribution in [1.29, 1.82) is 0 Å². The number of H-pyrrole nitrogens is 1. The number of pyridine rings is 2. The van der Waals surface area contributed by atoms with E-state index in [-0.39, 0.29) is 6.54 Å². The van der Waals surface area contributed by atoms with Gasteiger partial charge in [-0.25, -0.2) is 13.4 Å². The molecule has 6 nitrogen and oxygen atoms in total. The molecule has 0 spiro atoms. The molecule has 0 aliphatic carbocycles. The number of hydrogen-bond acceptors (Lipinski definition) is 5. The Morgan fingerprint density at radius 2 is 2.04 bits per heavy atom. The van der Waals surface area contributed by atoms with Gasteiger partial charge in [0.05, 0.1) is 11.7 Å². The highest BCUT2D eigenvalue weighted by Gasteiger charge is 2.42. The first-order chi connectivity index (χ1) is 12.3. The van der Waals surface area contributed by atoms with E-state index >= 15 is 0 Å². The van der Waals surface area contributed by atoms with Crippen molar-refractivity contribution in [2.45, 2.75) is 11.6 Å². The molecule has 0 bridgehead atoms. The summed E-state index contributed by atoms with van der Waals surface area (Å²) in [6, 6.07) is 3.39. The lowest BCUT2D eigenvalue weighted by molar-refractivity contribution is -0.106. The molecule has 0 radical (unpaired) electrons. The number of aromatic amines is 1. The quantitative estimate of drug-likeness (QED) is 0.726. The lowest BCUT2D eigenvalue weighted by atomic mass is 10.0. The molecule has 4 rings (SSSR count). The molecule has 4 heterocycles. The Morgan fingerprint density at radius 1 is 1.23 bits per heavy atom. The van der Waals surface area contributed by atoms with Gasteiger partial charge >= 0.3 is 6.18 Å². The van der Waals surface area contributed by atoms with Crippen molar-refractivity contribution in [3.05, 3.63) is 42.4 Å². The van der Waals surface area contributed by atoms with Crippen molar-refractivity contribution in [3.63, 3.8) is 0 Å². The molecule has 0 amide bonds. The van der Waals surface area contributed by atoms with E-state index in [1.807, 2.05) is 0 Å². The van der Waals surface area contributed by atoms with Crippen LogP contribution in [0.25, 0.3) is 27.5 Å². The Balaban J connectivity index is 1.88. The molecule has 0 saturated heterocycles. The summed E-state index contributed by atoms with van der Waals surface area (Å²) in [4.78, 5) is 11.4. The van der Waals surface area contributed by atoms with Crippen LogP contribution in [0.15, 0.2) is 36.8 Å². The second kappa shape index (κ2) is 5.78. The molecular formula is C16H13F3N4O2S. The van der Waals surface area contributed by atoms with Gasteiger partial charge in [0.2, 0.25) is 0 Å². The largest absolute Gasteiger partial charge is 0.402 e. The first kappa shape index (κ1) is 17.0. The molecule has 10 heteroatoms. The first-order valence-corrected chi connectivity index (χ1v) is 9.41. The third-order valence-electron chi connectivity index (χ3n) is 4.23. The zero-order chi connectivity index (χ0) is 18.5. The van der Waals surface area contributed by atoms with Crippen LogP contribution in [0.3, 0.4) is 0 Å². The Labute approximate surface area is 146 Å². The Bertz CT molecular complexity index is 1140. The van der Waals surface area contributed by atoms with Gasteiger partial charge < -0.3 is 4.98 Å². The Hall–Kier alpha value is -2.46. The van der Waals surface area contributed by atoms with Crippen LogP contribution in [0.4, 0.5) is 13.2 Å². The van der Waals surface area contributed by atoms with Gasteiger partial charge in [-0.05, 0) is 23.3 Å². The minimum atomic E-state index is -4.80. The maximum atomic E-state index is 12.7. The molecule has 3 aromatic rings. The van der Waals surface area contributed by atoms with Gasteiger partial charge in [-0.15, -0.1) is 0 Å². The average Bonchev–Trinajstić information content (AvgIpc) is 3.21. The SMILES string of the molecule is O=S(=O)(CC(F)(F)F)C1NCC=C1c1ccnc2cnc3[nH]ccc3c12. The summed E-state index contributed by atoms with van der Waals surface area (Å²) >= 11 is 0. The highest BCUT2D eigenvalue weighted by molar-refractivity contribution is 7.92. The number of nitrogens with one attached hydrogen (secondary N) is 2. The van der Waals surface area contributed by atoms with Crippen molar-refractivity contribution in [1.82, 2.24) is 20.3 Å². The van der Waals surface area contributed by atoms with E-state index in [2.05, 4.69) is 20.3 Å². The van der Waals surface area contributed by atoms with Gasteiger partial charge in [0, 0.05) is 29.7 Å². The van der Waals surface area contributed by atoms with Crippen molar-refractivity contribution >= 4 is 37.3 Å². The van der Waals surface area contributed by atoms with Crippen LogP contribution < -0.4 is 5.32 Å². The smallest absolute Gasteiger partial charge is 0.346 e. The number of halogens is 3. The molecule has 0 aromatic carbocycles. The fourth-order valence-corrected chi connectivity index (χ4v) is 4.85. The van der Waals surface area contributed by atoms with Crippen LogP contribution >= 0.6 is 0 Å². The van der Waals surface area contributed by atoms with Gasteiger partial charge in [0.15, 0.2) is 9.84 Å². The molecule has 2 N–H and O–H groups in total. The van der Waals surface area contributed by atoms with E-state index in [1.54, 1.807) is 30.6 Å². The van der Waals surface area contributed by atoms with Crippen LogP contribution in [0.1, 0.15) is 5.56 Å². The standard InChI is InChI=1S/C16H13F3N4O2S/c17-16(18,19)8-26(24,25)15-10(2-6-22-15)9-1-4-20-12-7-23-14-11(13(9)12)3-5-21-14/h1-5,7,15,22H,6,8H2,(H,21,23). The Kier molecular flexibility index (Phi) is 3.77. The predicted octanol–water partition coefficient (Wildman–Crippen LogP) is 2.40. The average molecular weight is 382 g/mol. The van der Waals surface area contributed by atoms with Gasteiger partial charge in [0.1, 0.15) is 16.8 Å². The summed E-state index contributed by atoms with van der Waals surface area (Å²) in [7, 11) is -4.47. The lowest BCUT2D eigenvalue weighted by Crippen LogP contribution is -2.39. The summed E-state index contributed by atoms with van der Waals surface area (Å²) in [6.07, 6.45) is 1.52. The van der Waals surface area contributed by atoms with Crippen LogP contribution in [-0.2, 0) is 9.84 Å². The number of rotatable bonds is 3. The fourth-order valence-electron chi connectivity index (χ4n) is 3.27. The highest BCUT2D eigenvalue weighted by atomic mass is 32.2. The maximum Gasteiger partial charge on any atom is 0.402 e. The van der Waals surface area contributed by atoms with Crippen LogP contribution in [0, 0.1) is 0 Å². The monoisotopic (exact) mass is 382 g/mol. The van der Waals surface area contributed by atoms with Crippen LogP contribution in [0.5, 0.6) is 0 Å². The molecular weight excluding hydrogens is 369 g/mol. The molecule has 1 aliphatic rings. The van der Waals surface area contributed by atoms with E-state index in [1.165, 1.54) is 6.20 Å². The zero-order valence-electron chi connectivity index (χ0n) is 13.2. The second-order valence-electron chi connectivity index (χ2n) is 5.99. The minimum absolute atomic E-state index is 0.169. The third-order valence-corrected chi connectivity index (χ3v) is 6.10. The van der Waals surface area contributed by atoms with E-state index < -0.39 is 27.1 Å². The second-order valence-corrected chi connectivity index (χ2v) is 8.07. The highest BCUT2D eigenvalue weighted by Crippen LogP contribution is 2.35. The van der Waals surface area contributed by atoms with Crippen LogP contribution in [-0.4, -0.2) is 47.2 Å². The summed E-state index contributed by atoms with van der Waals surface area (Å²) in [5, 5.41) is 2.61. The van der Waals surface area contributed by atoms with Crippen molar-refractivity contribution in [2.24, 2.45) is 0 Å². The molecule has 0 saturated carbocycles. The zero-order valence-corrected chi connectivity index (χ0v) is 14.0. The normalized spacial score (nSPS) is 18.6. The predicted molar refractivity (Wildman–Crippen MR) is 91.0 cm³/mol. The minimum Gasteiger partial charge on any atom is -0.346 e. The first-order valence-electron chi connectivity index (χ1n) is 7.69. The van der Waals surface area contributed by atoms with E-state index in [9.17, 15) is 21.6 Å². The van der Waals surface area contributed by atoms with E-state index in [0.717, 1.165) is 5.39 Å². The van der Waals surface area contributed by atoms with Crippen molar-refractivity contribution in [3.8, 4) is 0 Å². The fraction of sp³-hybridized carbons (Fsp3) is 0.250. The summed E-state index contributed by atoms with van der Waals surface area (Å²) in [5.74, 6) is -1.88. The van der Waals surface area contributed by atoms with Gasteiger partial charge in [0.25, 0.3) is 0 Å². The van der Waals surface area contributed by atoms with Gasteiger partial charge in [-0.1, -0.05) is 6.08 Å². The Morgan fingerprint density at radius 3 is 2.81 bits per heavy atom. The number of nitrogens with zero attached hydrogens (tertiary/aromatic N) is 2. The topological polar surface area (TPSA) is 87.7 Å². The number of hydrogen-bond donors (Lipinski definition) is 2. The number of sulfone groups is 1. The molecule has 0 fully saturated rings. The number of aromatic nitrogens is 3. The van der Waals surface area contributed by atoms with E-state index in [4.69, 9.17) is 0 Å². The number of fused-ring (bicyclic) bond motifs is 3. The third kappa shape index (κ3) is 2.84. The molecule has 136 valence electrons. The molecule has 1 unspecified atom stereocenters. The molecule has 3 aromatic heterocycles. The van der Waals surface area contributed by atoms with Gasteiger partial charge in [-0.3, -0.25) is 10.3 Å². The van der Waals surface area contributed by atoms with Crippen molar-refractivity contribution in [2.75, 3.05) is 12.3 Å². The van der Waals surface area contributed by atoms with Crippen molar-refractivity contribution < 1.29 is 21.6 Å². The molecule has 26 heavy (non-hydrogen) atoms. The summed E-state index contributed by atoms with van der Waals surface area (Å²) < 4.78 is 62.8. The van der Waals surface area contributed by atoms with E-state index in [0.29, 0.717) is 27.7 Å². The maximum absolute atomic E-state index is 12.7. The van der Waals surface area contributed by atoms with Gasteiger partial charge in [-0.2, -0.15) is 13.2 Å². The lowest BCUT2D eigenvalue weighted by Gasteiger charge is -2.19. The molecule has 1 atom stereocenters. The molecule has 1 aliphatic heterocycles.